The summed E-state index contributed by atoms with van der Waals surface area (Å²) in [6.07, 6.45) is 1.96. The van der Waals surface area contributed by atoms with Crippen molar-refractivity contribution in [3.05, 3.63) is 0 Å². The Labute approximate surface area is 93.5 Å². The second-order valence-electron chi connectivity index (χ2n) is 2.55. The number of halogens is 2. The molecular formula is C7H14Cl2N2O3. The lowest BCUT2D eigenvalue weighted by Crippen LogP contribution is -2.32. The van der Waals surface area contributed by atoms with Crippen LogP contribution in [0.4, 0.5) is 4.79 Å². The Bertz CT molecular complexity index is 190. The minimum Gasteiger partial charge on any atom is -0.379 e. The number of ether oxygens (including phenoxy) is 1. The fourth-order valence-corrected chi connectivity index (χ4v) is 0.857. The molecule has 4 N–H and O–H groups in total. The van der Waals surface area contributed by atoms with Gasteiger partial charge in [-0.2, -0.15) is 0 Å². The highest BCUT2D eigenvalue weighted by Crippen LogP contribution is 2.01. The summed E-state index contributed by atoms with van der Waals surface area (Å²) in [7, 11) is 0. The normalized spacial score (nSPS) is 11.4. The van der Waals surface area contributed by atoms with Crippen LogP contribution in [0.25, 0.3) is 0 Å². The predicted molar refractivity (Wildman–Crippen MR) is 55.5 cm³/mol. The molecule has 7 heteroatoms. The first-order valence-corrected chi connectivity index (χ1v) is 4.32. The van der Waals surface area contributed by atoms with Crippen LogP contribution >= 0.6 is 24.0 Å². The summed E-state index contributed by atoms with van der Waals surface area (Å²) < 4.78 is 4.07. The molecular weight excluding hydrogens is 231 g/mol. The molecule has 0 aromatic rings. The van der Waals surface area contributed by atoms with Gasteiger partial charge in [0.15, 0.2) is 0 Å². The van der Waals surface area contributed by atoms with Gasteiger partial charge in [0.05, 0.1) is 0 Å². The monoisotopic (exact) mass is 244 g/mol. The highest BCUT2D eigenvalue weighted by Gasteiger charge is 2.16. The van der Waals surface area contributed by atoms with Crippen molar-refractivity contribution in [1.82, 2.24) is 0 Å². The number of esters is 1. The second-order valence-corrected chi connectivity index (χ2v) is 2.86. The largest absolute Gasteiger partial charge is 0.411 e. The van der Waals surface area contributed by atoms with Gasteiger partial charge in [0, 0.05) is 11.6 Å². The van der Waals surface area contributed by atoms with Gasteiger partial charge in [0.2, 0.25) is 0 Å². The van der Waals surface area contributed by atoms with Gasteiger partial charge in [0.1, 0.15) is 6.04 Å². The molecule has 1 atom stereocenters. The molecule has 0 aromatic heterocycles. The molecule has 0 aliphatic rings. The summed E-state index contributed by atoms with van der Waals surface area (Å²) in [4.78, 5) is 21.0. The van der Waals surface area contributed by atoms with E-state index in [0.29, 0.717) is 13.0 Å². The Morgan fingerprint density at radius 3 is 2.36 bits per heavy atom. The first-order valence-electron chi connectivity index (χ1n) is 3.94. The van der Waals surface area contributed by atoms with Crippen LogP contribution in [0.2, 0.25) is 0 Å². The summed E-state index contributed by atoms with van der Waals surface area (Å²) in [6, 6.07) is -0.797. The number of nitrogens with two attached hydrogens (primary N) is 2. The van der Waals surface area contributed by atoms with E-state index < -0.39 is 17.4 Å². The zero-order valence-corrected chi connectivity index (χ0v) is 9.14. The standard InChI is InChI=1S/C7H13ClN2O3.ClH/c8-7(12)13-6(11)5(10)3-1-2-4-9;/h5H,1-4,9-10H2;1H/t5-;/m0./s1. The predicted octanol–water partition coefficient (Wildman–Crippen LogP) is 0.766. The van der Waals surface area contributed by atoms with Crippen molar-refractivity contribution >= 4 is 35.4 Å². The summed E-state index contributed by atoms with van der Waals surface area (Å²) in [6.45, 7) is 0.552. The number of carbonyl (C=O) groups is 2. The molecule has 0 aliphatic carbocycles. The molecule has 0 saturated heterocycles. The van der Waals surface area contributed by atoms with Gasteiger partial charge >= 0.3 is 11.4 Å². The minimum atomic E-state index is -1.15. The molecule has 0 saturated carbocycles. The van der Waals surface area contributed by atoms with Crippen molar-refractivity contribution in [1.29, 1.82) is 0 Å². The molecule has 0 aliphatic heterocycles. The number of hydrogen-bond donors (Lipinski definition) is 2. The van der Waals surface area contributed by atoms with Crippen LogP contribution in [-0.4, -0.2) is 24.0 Å². The summed E-state index contributed by atoms with van der Waals surface area (Å²) in [5.74, 6) is -0.794. The van der Waals surface area contributed by atoms with E-state index in [0.717, 1.165) is 12.8 Å². The Kier molecular flexibility index (Phi) is 10.6. The quantitative estimate of drug-likeness (QED) is 0.323. The summed E-state index contributed by atoms with van der Waals surface area (Å²) in [5.41, 5.74) is 9.47. The minimum absolute atomic E-state index is 0. The smallest absolute Gasteiger partial charge is 0.379 e. The third-order valence-electron chi connectivity index (χ3n) is 1.45. The van der Waals surface area contributed by atoms with E-state index in [1.165, 1.54) is 0 Å². The number of carbonyl (C=O) groups excluding carboxylic acids is 2. The van der Waals surface area contributed by atoms with Crippen LogP contribution in [0, 0.1) is 0 Å². The fourth-order valence-electron chi connectivity index (χ4n) is 0.781. The second kappa shape index (κ2) is 9.21. The van der Waals surface area contributed by atoms with Gasteiger partial charge in [-0.3, -0.25) is 0 Å². The average molecular weight is 245 g/mol. The first-order chi connectivity index (χ1) is 6.07. The van der Waals surface area contributed by atoms with Crippen molar-refractivity contribution < 1.29 is 14.3 Å². The molecule has 0 heterocycles. The van der Waals surface area contributed by atoms with Crippen LogP contribution in [0.5, 0.6) is 0 Å². The van der Waals surface area contributed by atoms with Crippen LogP contribution in [-0.2, 0) is 9.53 Å². The van der Waals surface area contributed by atoms with Gasteiger partial charge in [0.25, 0.3) is 0 Å². The molecule has 0 bridgehead atoms. The molecule has 0 radical (unpaired) electrons. The topological polar surface area (TPSA) is 95.4 Å². The Morgan fingerprint density at radius 1 is 1.36 bits per heavy atom. The number of unbranched alkanes of at least 4 members (excludes halogenated alkanes) is 1. The van der Waals surface area contributed by atoms with E-state index in [2.05, 4.69) is 4.74 Å². The van der Waals surface area contributed by atoms with Gasteiger partial charge in [-0.05, 0) is 19.4 Å². The van der Waals surface area contributed by atoms with Crippen molar-refractivity contribution in [3.8, 4) is 0 Å². The van der Waals surface area contributed by atoms with Crippen LogP contribution in [0.1, 0.15) is 19.3 Å². The number of rotatable bonds is 5. The third kappa shape index (κ3) is 8.25. The van der Waals surface area contributed by atoms with E-state index >= 15 is 0 Å². The van der Waals surface area contributed by atoms with Crippen molar-refractivity contribution in [2.24, 2.45) is 11.5 Å². The number of hydrogen-bond acceptors (Lipinski definition) is 5. The molecule has 0 unspecified atom stereocenters. The van der Waals surface area contributed by atoms with Crippen LogP contribution in [0.15, 0.2) is 0 Å². The molecule has 14 heavy (non-hydrogen) atoms. The highest BCUT2D eigenvalue weighted by atomic mass is 35.5. The van der Waals surface area contributed by atoms with Crippen LogP contribution < -0.4 is 11.5 Å². The van der Waals surface area contributed by atoms with E-state index in [9.17, 15) is 9.59 Å². The lowest BCUT2D eigenvalue weighted by Gasteiger charge is -2.07. The van der Waals surface area contributed by atoms with Crippen LogP contribution in [0.3, 0.4) is 0 Å². The maximum Gasteiger partial charge on any atom is 0.411 e. The molecule has 0 aromatic carbocycles. The molecule has 84 valence electrons. The lowest BCUT2D eigenvalue weighted by atomic mass is 10.1. The van der Waals surface area contributed by atoms with Crippen molar-refractivity contribution in [3.63, 3.8) is 0 Å². The zero-order chi connectivity index (χ0) is 10.3. The molecule has 0 amide bonds. The summed E-state index contributed by atoms with van der Waals surface area (Å²) >= 11 is 4.82. The zero-order valence-electron chi connectivity index (χ0n) is 7.57. The molecule has 0 fully saturated rings. The maximum atomic E-state index is 10.9. The molecule has 5 nitrogen and oxygen atoms in total. The lowest BCUT2D eigenvalue weighted by molar-refractivity contribution is -0.138. The van der Waals surface area contributed by atoms with Gasteiger partial charge < -0.3 is 16.2 Å². The fraction of sp³-hybridized carbons (Fsp3) is 0.714. The van der Waals surface area contributed by atoms with Crippen molar-refractivity contribution in [2.45, 2.75) is 25.3 Å². The SMILES string of the molecule is Cl.NCCCC[C@H](N)C(=O)OC(=O)Cl. The average Bonchev–Trinajstić information content (AvgIpc) is 2.03. The third-order valence-corrected chi connectivity index (χ3v) is 1.53. The summed E-state index contributed by atoms with van der Waals surface area (Å²) in [5, 5.41) is 0. The molecule has 0 rings (SSSR count). The van der Waals surface area contributed by atoms with E-state index in [1.807, 2.05) is 0 Å². The molecule has 0 spiro atoms. The first kappa shape index (κ1) is 16.1. The van der Waals surface area contributed by atoms with Gasteiger partial charge in [-0.1, -0.05) is 6.42 Å². The maximum absolute atomic E-state index is 10.9. The van der Waals surface area contributed by atoms with Gasteiger partial charge in [-0.15, -0.1) is 12.4 Å². The van der Waals surface area contributed by atoms with E-state index in [1.54, 1.807) is 0 Å². The Balaban J connectivity index is 0. The van der Waals surface area contributed by atoms with E-state index in [4.69, 9.17) is 23.1 Å². The van der Waals surface area contributed by atoms with Crippen molar-refractivity contribution in [2.75, 3.05) is 6.54 Å². The Hall–Kier alpha value is -0.360. The van der Waals surface area contributed by atoms with E-state index in [-0.39, 0.29) is 12.4 Å². The van der Waals surface area contributed by atoms with Gasteiger partial charge in [-0.25, -0.2) is 9.59 Å². The highest BCUT2D eigenvalue weighted by molar-refractivity contribution is 6.61. The Morgan fingerprint density at radius 2 is 1.93 bits per heavy atom.